The molecule has 0 atom stereocenters. The van der Waals surface area contributed by atoms with Crippen molar-refractivity contribution in [2.75, 3.05) is 62.2 Å². The zero-order valence-electron chi connectivity index (χ0n) is 23.9. The van der Waals surface area contributed by atoms with E-state index in [-0.39, 0.29) is 27.6 Å². The van der Waals surface area contributed by atoms with E-state index in [1.165, 1.54) is 25.4 Å². The molecule has 0 saturated heterocycles. The van der Waals surface area contributed by atoms with Crippen molar-refractivity contribution in [1.29, 1.82) is 0 Å². The molecule has 0 aliphatic carbocycles. The number of para-hydroxylation sites is 1. The summed E-state index contributed by atoms with van der Waals surface area (Å²) in [5.41, 5.74) is 1.11. The maximum absolute atomic E-state index is 12.9. The molecule has 220 valence electrons. The van der Waals surface area contributed by atoms with Crippen molar-refractivity contribution in [3.63, 3.8) is 0 Å². The fraction of sp³-hybridized carbons (Fsp3) is 0.333. The number of amides is 1. The molecule has 3 rings (SSSR count). The predicted molar refractivity (Wildman–Crippen MR) is 164 cm³/mol. The SMILES string of the molecule is C=CC(=O)Nc1cc(Nc2ncc(Cl)c(Nc3ccccc3S(=O)(=O)C(C)C)n2)c(OC)nc1N(C)CCN(C)C. The highest BCUT2D eigenvalue weighted by molar-refractivity contribution is 7.92. The van der Waals surface area contributed by atoms with Crippen LogP contribution in [0.2, 0.25) is 5.02 Å². The number of carbonyl (C=O) groups excluding carboxylic acids is 1. The summed E-state index contributed by atoms with van der Waals surface area (Å²) in [6.45, 7) is 8.15. The van der Waals surface area contributed by atoms with Gasteiger partial charge in [0.25, 0.3) is 0 Å². The molecular formula is C27H35ClN8O4S. The molecule has 0 unspecified atom stereocenters. The Hall–Kier alpha value is -3.94. The first kappa shape index (κ1) is 31.6. The summed E-state index contributed by atoms with van der Waals surface area (Å²) in [7, 11) is 3.68. The van der Waals surface area contributed by atoms with E-state index in [2.05, 4.69) is 37.5 Å². The Morgan fingerprint density at radius 1 is 1.10 bits per heavy atom. The third kappa shape index (κ3) is 7.84. The lowest BCUT2D eigenvalue weighted by molar-refractivity contribution is -0.111. The number of sulfone groups is 1. The van der Waals surface area contributed by atoms with Crippen molar-refractivity contribution < 1.29 is 17.9 Å². The number of hydrogen-bond donors (Lipinski definition) is 3. The summed E-state index contributed by atoms with van der Waals surface area (Å²) in [6, 6.07) is 8.18. The smallest absolute Gasteiger partial charge is 0.247 e. The van der Waals surface area contributed by atoms with Crippen molar-refractivity contribution in [2.24, 2.45) is 0 Å². The predicted octanol–water partition coefficient (Wildman–Crippen LogP) is 4.33. The van der Waals surface area contributed by atoms with Crippen LogP contribution in [0.15, 0.2) is 54.1 Å². The summed E-state index contributed by atoms with van der Waals surface area (Å²) in [5, 5.41) is 8.42. The third-order valence-corrected chi connectivity index (χ3v) is 8.39. The first-order valence-electron chi connectivity index (χ1n) is 12.6. The van der Waals surface area contributed by atoms with E-state index in [0.717, 1.165) is 6.54 Å². The molecule has 3 N–H and O–H groups in total. The molecule has 2 aromatic heterocycles. The van der Waals surface area contributed by atoms with Crippen LogP contribution < -0.4 is 25.6 Å². The van der Waals surface area contributed by atoms with Crippen LogP contribution in [-0.2, 0) is 14.6 Å². The van der Waals surface area contributed by atoms with E-state index < -0.39 is 21.0 Å². The first-order chi connectivity index (χ1) is 19.4. The van der Waals surface area contributed by atoms with Crippen LogP contribution in [0, 0.1) is 0 Å². The second kappa shape index (κ2) is 13.6. The van der Waals surface area contributed by atoms with Gasteiger partial charge in [-0.25, -0.2) is 13.4 Å². The summed E-state index contributed by atoms with van der Waals surface area (Å²) in [5.74, 6) is 0.620. The van der Waals surface area contributed by atoms with Gasteiger partial charge in [0.2, 0.25) is 17.7 Å². The van der Waals surface area contributed by atoms with Gasteiger partial charge >= 0.3 is 0 Å². The van der Waals surface area contributed by atoms with E-state index in [1.807, 2.05) is 30.9 Å². The highest BCUT2D eigenvalue weighted by Gasteiger charge is 2.23. The molecule has 0 spiro atoms. The number of halogens is 1. The number of carbonyl (C=O) groups is 1. The van der Waals surface area contributed by atoms with E-state index in [1.54, 1.807) is 38.1 Å². The minimum atomic E-state index is -3.58. The summed E-state index contributed by atoms with van der Waals surface area (Å²) < 4.78 is 31.3. The van der Waals surface area contributed by atoms with E-state index >= 15 is 0 Å². The molecule has 14 heteroatoms. The summed E-state index contributed by atoms with van der Waals surface area (Å²) in [6.07, 6.45) is 2.54. The first-order valence-corrected chi connectivity index (χ1v) is 14.6. The van der Waals surface area contributed by atoms with Crippen LogP contribution >= 0.6 is 11.6 Å². The second-order valence-corrected chi connectivity index (χ2v) is 12.4. The molecule has 0 radical (unpaired) electrons. The standard InChI is InChI=1S/C27H35ClN8O4S/c1-8-23(37)30-20-15-21(26(40-7)34-25(20)36(6)14-13-35(4)5)32-27-29-16-18(28)24(33-27)31-19-11-9-10-12-22(19)41(38,39)17(2)3/h8-12,15-17H,1,13-14H2,2-7H3,(H,30,37)(H2,29,31,32,33). The Balaban J connectivity index is 2.00. The average Bonchev–Trinajstić information content (AvgIpc) is 2.93. The molecule has 0 saturated carbocycles. The summed E-state index contributed by atoms with van der Waals surface area (Å²) in [4.78, 5) is 29.6. The number of anilines is 6. The van der Waals surface area contributed by atoms with Crippen LogP contribution in [0.3, 0.4) is 0 Å². The summed E-state index contributed by atoms with van der Waals surface area (Å²) >= 11 is 6.38. The van der Waals surface area contributed by atoms with Gasteiger partial charge in [-0.15, -0.1) is 0 Å². The lowest BCUT2D eigenvalue weighted by atomic mass is 10.3. The molecule has 0 aliphatic rings. The highest BCUT2D eigenvalue weighted by Crippen LogP contribution is 2.35. The van der Waals surface area contributed by atoms with Gasteiger partial charge in [-0.05, 0) is 52.2 Å². The lowest BCUT2D eigenvalue weighted by Crippen LogP contribution is -2.30. The van der Waals surface area contributed by atoms with E-state index in [0.29, 0.717) is 29.4 Å². The molecule has 3 aromatic rings. The number of methoxy groups -OCH3 is 1. The molecule has 1 amide bonds. The normalized spacial score (nSPS) is 11.3. The Morgan fingerprint density at radius 2 is 1.80 bits per heavy atom. The van der Waals surface area contributed by atoms with Gasteiger partial charge in [-0.2, -0.15) is 9.97 Å². The van der Waals surface area contributed by atoms with Crippen LogP contribution in [0.1, 0.15) is 13.8 Å². The quantitative estimate of drug-likeness (QED) is 0.241. The van der Waals surface area contributed by atoms with Crippen LogP contribution in [0.5, 0.6) is 5.88 Å². The van der Waals surface area contributed by atoms with Gasteiger partial charge in [0.05, 0.1) is 34.8 Å². The van der Waals surface area contributed by atoms with Crippen molar-refractivity contribution in [3.05, 3.63) is 54.2 Å². The van der Waals surface area contributed by atoms with Crippen LogP contribution in [0.25, 0.3) is 0 Å². The minimum absolute atomic E-state index is 0.121. The largest absolute Gasteiger partial charge is 0.479 e. The molecule has 0 aliphatic heterocycles. The molecule has 0 bridgehead atoms. The molecule has 2 heterocycles. The molecule has 1 aromatic carbocycles. The Bertz CT molecular complexity index is 1520. The van der Waals surface area contributed by atoms with Gasteiger partial charge in [0.15, 0.2) is 21.5 Å². The Kier molecular flexibility index (Phi) is 10.5. The topological polar surface area (TPSA) is 142 Å². The number of nitrogens with one attached hydrogen (secondary N) is 3. The monoisotopic (exact) mass is 602 g/mol. The number of likely N-dealkylation sites (N-methyl/N-ethyl adjacent to an activating group) is 2. The third-order valence-electron chi connectivity index (χ3n) is 5.91. The number of ether oxygens (including phenoxy) is 1. The Morgan fingerprint density at radius 3 is 2.44 bits per heavy atom. The van der Waals surface area contributed by atoms with Crippen molar-refractivity contribution in [1.82, 2.24) is 19.9 Å². The average molecular weight is 603 g/mol. The minimum Gasteiger partial charge on any atom is -0.479 e. The Labute approximate surface area is 245 Å². The van der Waals surface area contributed by atoms with Crippen molar-refractivity contribution in [3.8, 4) is 5.88 Å². The van der Waals surface area contributed by atoms with Gasteiger partial charge in [-0.3, -0.25) is 4.79 Å². The fourth-order valence-corrected chi connectivity index (χ4v) is 4.93. The van der Waals surface area contributed by atoms with Crippen LogP contribution in [0.4, 0.5) is 34.6 Å². The highest BCUT2D eigenvalue weighted by atomic mass is 35.5. The molecule has 41 heavy (non-hydrogen) atoms. The van der Waals surface area contributed by atoms with Gasteiger partial charge in [0, 0.05) is 20.1 Å². The van der Waals surface area contributed by atoms with Crippen molar-refractivity contribution >= 4 is 62.0 Å². The number of benzene rings is 1. The zero-order valence-corrected chi connectivity index (χ0v) is 25.5. The zero-order chi connectivity index (χ0) is 30.3. The van der Waals surface area contributed by atoms with Gasteiger partial charge in [0.1, 0.15) is 10.7 Å². The lowest BCUT2D eigenvalue weighted by Gasteiger charge is -2.24. The number of hydrogen-bond acceptors (Lipinski definition) is 11. The fourth-order valence-electron chi connectivity index (χ4n) is 3.59. The van der Waals surface area contributed by atoms with Crippen molar-refractivity contribution in [2.45, 2.75) is 24.0 Å². The van der Waals surface area contributed by atoms with Gasteiger partial charge < -0.3 is 30.5 Å². The molecular weight excluding hydrogens is 568 g/mol. The molecule has 12 nitrogen and oxygen atoms in total. The number of rotatable bonds is 13. The number of pyridine rings is 1. The number of nitrogens with zero attached hydrogens (tertiary/aromatic N) is 5. The second-order valence-electron chi connectivity index (χ2n) is 9.56. The van der Waals surface area contributed by atoms with Gasteiger partial charge in [-0.1, -0.05) is 30.3 Å². The van der Waals surface area contributed by atoms with Crippen LogP contribution in [-0.4, -0.2) is 80.8 Å². The maximum atomic E-state index is 12.9. The van der Waals surface area contributed by atoms with E-state index in [9.17, 15) is 13.2 Å². The van der Waals surface area contributed by atoms with E-state index in [4.69, 9.17) is 16.3 Å². The number of aromatic nitrogens is 3. The molecule has 0 fully saturated rings. The maximum Gasteiger partial charge on any atom is 0.247 e.